The third kappa shape index (κ3) is 4.31. The average molecular weight is 437 g/mol. The Morgan fingerprint density at radius 1 is 1.17 bits per heavy atom. The van der Waals surface area contributed by atoms with Crippen LogP contribution in [-0.4, -0.2) is 63.5 Å². The van der Waals surface area contributed by atoms with Crippen LogP contribution in [0.1, 0.15) is 44.9 Å². The maximum Gasteiger partial charge on any atom is 0.193 e. The highest BCUT2D eigenvalue weighted by molar-refractivity contribution is 14.0. The van der Waals surface area contributed by atoms with E-state index in [-0.39, 0.29) is 29.6 Å². The van der Waals surface area contributed by atoms with Gasteiger partial charge in [-0.05, 0) is 24.7 Å². The van der Waals surface area contributed by atoms with E-state index in [4.69, 9.17) is 9.47 Å². The second-order valence-electron chi connectivity index (χ2n) is 7.28. The molecule has 23 heavy (non-hydrogen) atoms. The fraction of sp³-hybridized carbons (Fsp3) is 0.941. The zero-order valence-electron chi connectivity index (χ0n) is 14.6. The van der Waals surface area contributed by atoms with Crippen LogP contribution in [0, 0.1) is 5.41 Å². The van der Waals surface area contributed by atoms with Gasteiger partial charge < -0.3 is 19.7 Å². The van der Waals surface area contributed by atoms with Gasteiger partial charge in [0.2, 0.25) is 0 Å². The SMILES string of the molecule is CN=C(NCC1(OC)CCOCC1)N1CCC2(CCCC2)C1.I. The van der Waals surface area contributed by atoms with Crippen LogP contribution in [0.15, 0.2) is 4.99 Å². The lowest BCUT2D eigenvalue weighted by Crippen LogP contribution is -2.51. The van der Waals surface area contributed by atoms with Crippen LogP contribution >= 0.6 is 24.0 Å². The number of hydrogen-bond donors (Lipinski definition) is 1. The van der Waals surface area contributed by atoms with E-state index in [1.807, 2.05) is 14.2 Å². The van der Waals surface area contributed by atoms with Gasteiger partial charge in [0.15, 0.2) is 5.96 Å². The highest BCUT2D eigenvalue weighted by Gasteiger charge is 2.41. The van der Waals surface area contributed by atoms with E-state index in [1.54, 1.807) is 0 Å². The van der Waals surface area contributed by atoms with Crippen LogP contribution in [0.4, 0.5) is 0 Å². The van der Waals surface area contributed by atoms with Crippen LogP contribution in [0.2, 0.25) is 0 Å². The van der Waals surface area contributed by atoms with Crippen molar-refractivity contribution in [2.45, 2.75) is 50.5 Å². The van der Waals surface area contributed by atoms with Crippen molar-refractivity contribution in [2.24, 2.45) is 10.4 Å². The minimum absolute atomic E-state index is 0. The van der Waals surface area contributed by atoms with Gasteiger partial charge in [-0.3, -0.25) is 4.99 Å². The summed E-state index contributed by atoms with van der Waals surface area (Å²) in [5.41, 5.74) is 0.480. The lowest BCUT2D eigenvalue weighted by Gasteiger charge is -2.37. The van der Waals surface area contributed by atoms with E-state index >= 15 is 0 Å². The normalized spacial score (nSPS) is 26.3. The molecule has 0 aromatic heterocycles. The molecule has 6 heteroatoms. The number of aliphatic imine (C=N–C) groups is 1. The van der Waals surface area contributed by atoms with Gasteiger partial charge in [-0.2, -0.15) is 0 Å². The first-order valence-electron chi connectivity index (χ1n) is 8.80. The Labute approximate surface area is 157 Å². The first kappa shape index (κ1) is 19.2. The quantitative estimate of drug-likeness (QED) is 0.419. The maximum absolute atomic E-state index is 5.81. The molecule has 1 N–H and O–H groups in total. The molecule has 1 aliphatic carbocycles. The van der Waals surface area contributed by atoms with Crippen LogP contribution in [0.3, 0.4) is 0 Å². The summed E-state index contributed by atoms with van der Waals surface area (Å²) in [4.78, 5) is 6.97. The van der Waals surface area contributed by atoms with Crippen molar-refractivity contribution in [3.63, 3.8) is 0 Å². The average Bonchev–Trinajstić information content (AvgIpc) is 3.20. The number of halogens is 1. The van der Waals surface area contributed by atoms with Gasteiger partial charge in [0, 0.05) is 59.8 Å². The molecule has 0 aromatic rings. The predicted molar refractivity (Wildman–Crippen MR) is 104 cm³/mol. The number of nitrogens with one attached hydrogen (secondary N) is 1. The summed E-state index contributed by atoms with van der Waals surface area (Å²) in [6.07, 6.45) is 8.87. The second kappa shape index (κ2) is 8.34. The Morgan fingerprint density at radius 3 is 2.48 bits per heavy atom. The molecule has 0 aromatic carbocycles. The minimum Gasteiger partial charge on any atom is -0.381 e. The fourth-order valence-electron chi connectivity index (χ4n) is 4.42. The molecule has 0 radical (unpaired) electrons. The zero-order valence-corrected chi connectivity index (χ0v) is 16.9. The van der Waals surface area contributed by atoms with Gasteiger partial charge in [0.1, 0.15) is 0 Å². The van der Waals surface area contributed by atoms with E-state index in [9.17, 15) is 0 Å². The Bertz CT molecular complexity index is 405. The maximum atomic E-state index is 5.81. The lowest BCUT2D eigenvalue weighted by atomic mass is 9.86. The molecule has 3 fully saturated rings. The summed E-state index contributed by atoms with van der Waals surface area (Å²) < 4.78 is 11.3. The van der Waals surface area contributed by atoms with E-state index in [0.717, 1.165) is 45.1 Å². The summed E-state index contributed by atoms with van der Waals surface area (Å²) in [6, 6.07) is 0. The predicted octanol–water partition coefficient (Wildman–Crippen LogP) is 2.64. The first-order valence-corrected chi connectivity index (χ1v) is 8.80. The molecule has 2 heterocycles. The summed E-state index contributed by atoms with van der Waals surface area (Å²) in [5, 5.41) is 3.57. The Hall–Kier alpha value is -0.0800. The molecule has 0 atom stereocenters. The minimum atomic E-state index is -0.0983. The first-order chi connectivity index (χ1) is 10.7. The van der Waals surface area contributed by atoms with Gasteiger partial charge in [-0.15, -0.1) is 24.0 Å². The molecular weight excluding hydrogens is 405 g/mol. The zero-order chi connectivity index (χ0) is 15.5. The summed E-state index contributed by atoms with van der Waals surface area (Å²) in [7, 11) is 3.71. The number of hydrogen-bond acceptors (Lipinski definition) is 3. The number of nitrogens with zero attached hydrogens (tertiary/aromatic N) is 2. The van der Waals surface area contributed by atoms with Gasteiger partial charge in [-0.25, -0.2) is 0 Å². The molecule has 2 aliphatic heterocycles. The number of ether oxygens (including phenoxy) is 2. The molecule has 2 saturated heterocycles. The van der Waals surface area contributed by atoms with E-state index < -0.39 is 0 Å². The molecule has 0 unspecified atom stereocenters. The molecule has 5 nitrogen and oxygen atoms in total. The summed E-state index contributed by atoms with van der Waals surface area (Å²) in [5.74, 6) is 1.05. The van der Waals surface area contributed by atoms with Gasteiger partial charge in [-0.1, -0.05) is 12.8 Å². The third-order valence-corrected chi connectivity index (χ3v) is 6.02. The molecule has 3 aliphatic rings. The highest BCUT2D eigenvalue weighted by Crippen LogP contribution is 2.45. The smallest absolute Gasteiger partial charge is 0.193 e. The van der Waals surface area contributed by atoms with Crippen molar-refractivity contribution >= 4 is 29.9 Å². The van der Waals surface area contributed by atoms with Crippen LogP contribution in [-0.2, 0) is 9.47 Å². The monoisotopic (exact) mass is 437 g/mol. The number of likely N-dealkylation sites (tertiary alicyclic amines) is 1. The molecule has 3 rings (SSSR count). The molecule has 1 spiro atoms. The van der Waals surface area contributed by atoms with Crippen molar-refractivity contribution in [3.05, 3.63) is 0 Å². The van der Waals surface area contributed by atoms with Crippen LogP contribution in [0.5, 0.6) is 0 Å². The Morgan fingerprint density at radius 2 is 1.87 bits per heavy atom. The van der Waals surface area contributed by atoms with Crippen LogP contribution < -0.4 is 5.32 Å². The van der Waals surface area contributed by atoms with Crippen molar-refractivity contribution in [2.75, 3.05) is 47.0 Å². The highest BCUT2D eigenvalue weighted by atomic mass is 127. The van der Waals surface area contributed by atoms with E-state index in [0.29, 0.717) is 5.41 Å². The lowest BCUT2D eigenvalue weighted by molar-refractivity contribution is -0.0857. The summed E-state index contributed by atoms with van der Waals surface area (Å²) in [6.45, 7) is 4.73. The summed E-state index contributed by atoms with van der Waals surface area (Å²) >= 11 is 0. The largest absolute Gasteiger partial charge is 0.381 e. The number of guanidine groups is 1. The molecule has 1 saturated carbocycles. The van der Waals surface area contributed by atoms with Crippen molar-refractivity contribution in [3.8, 4) is 0 Å². The van der Waals surface area contributed by atoms with Gasteiger partial charge in [0.05, 0.1) is 5.60 Å². The number of rotatable bonds is 3. The third-order valence-electron chi connectivity index (χ3n) is 6.02. The topological polar surface area (TPSA) is 46.1 Å². The van der Waals surface area contributed by atoms with Gasteiger partial charge in [0.25, 0.3) is 0 Å². The Kier molecular flexibility index (Phi) is 6.98. The van der Waals surface area contributed by atoms with Crippen molar-refractivity contribution in [1.82, 2.24) is 10.2 Å². The number of methoxy groups -OCH3 is 1. The molecular formula is C17H32IN3O2. The standard InChI is InChI=1S/C17H31N3O2.HI/c1-18-15(19-13-17(21-2)8-11-22-12-9-17)20-10-7-16(14-20)5-3-4-6-16;/h3-14H2,1-2H3,(H,18,19);1H. The van der Waals surface area contributed by atoms with Crippen molar-refractivity contribution < 1.29 is 9.47 Å². The van der Waals surface area contributed by atoms with Crippen molar-refractivity contribution in [1.29, 1.82) is 0 Å². The second-order valence-corrected chi connectivity index (χ2v) is 7.28. The van der Waals surface area contributed by atoms with E-state index in [1.165, 1.54) is 38.6 Å². The fourth-order valence-corrected chi connectivity index (χ4v) is 4.42. The molecule has 0 bridgehead atoms. The van der Waals surface area contributed by atoms with Crippen LogP contribution in [0.25, 0.3) is 0 Å². The molecule has 0 amide bonds. The van der Waals surface area contributed by atoms with E-state index in [2.05, 4.69) is 15.2 Å². The molecule has 134 valence electrons. The van der Waals surface area contributed by atoms with Gasteiger partial charge >= 0.3 is 0 Å². The Balaban J connectivity index is 0.00000192.